The fraction of sp³-hybridized carbons (Fsp3) is 0.125. The number of halogens is 1. The van der Waals surface area contributed by atoms with Gasteiger partial charge < -0.3 is 13.7 Å². The maximum atomic E-state index is 13.0. The summed E-state index contributed by atoms with van der Waals surface area (Å²) < 4.78 is 28.4. The highest BCUT2D eigenvalue weighted by atomic mass is 19.1. The van der Waals surface area contributed by atoms with Crippen LogP contribution in [0.15, 0.2) is 57.7 Å². The summed E-state index contributed by atoms with van der Waals surface area (Å²) in [4.78, 5) is 11.7. The Morgan fingerprint density at radius 2 is 2.09 bits per heavy atom. The minimum absolute atomic E-state index is 0.000647. The van der Waals surface area contributed by atoms with E-state index in [-0.39, 0.29) is 18.8 Å². The van der Waals surface area contributed by atoms with Crippen molar-refractivity contribution in [3.63, 3.8) is 0 Å². The number of nitrogens with zero attached hydrogens (tertiary/aromatic N) is 1. The molecule has 0 saturated heterocycles. The Morgan fingerprint density at radius 3 is 2.86 bits per heavy atom. The summed E-state index contributed by atoms with van der Waals surface area (Å²) >= 11 is 0. The van der Waals surface area contributed by atoms with E-state index >= 15 is 0 Å². The average molecular weight is 301 g/mol. The molecular formula is C16H12FNO4. The van der Waals surface area contributed by atoms with Gasteiger partial charge >= 0.3 is 5.97 Å². The first-order valence-electron chi connectivity index (χ1n) is 6.60. The Morgan fingerprint density at radius 1 is 1.18 bits per heavy atom. The first kappa shape index (κ1) is 14.1. The Labute approximate surface area is 125 Å². The van der Waals surface area contributed by atoms with E-state index in [1.807, 2.05) is 0 Å². The number of carbonyl (C=O) groups excluding carboxylic acids is 1. The zero-order chi connectivity index (χ0) is 15.4. The summed E-state index contributed by atoms with van der Waals surface area (Å²) in [5.41, 5.74) is 1.03. The van der Waals surface area contributed by atoms with Crippen LogP contribution in [-0.2, 0) is 22.6 Å². The summed E-state index contributed by atoms with van der Waals surface area (Å²) in [6.07, 6.45) is 1.52. The highest BCUT2D eigenvalue weighted by Gasteiger charge is 2.11. The molecule has 0 atom stereocenters. The van der Waals surface area contributed by atoms with Gasteiger partial charge in [0.1, 0.15) is 18.1 Å². The van der Waals surface area contributed by atoms with E-state index < -0.39 is 5.97 Å². The summed E-state index contributed by atoms with van der Waals surface area (Å²) in [6, 6.07) is 10.9. The molecule has 0 saturated carbocycles. The molecule has 3 aromatic rings. The molecule has 0 aliphatic carbocycles. The molecule has 2 heterocycles. The summed E-state index contributed by atoms with van der Waals surface area (Å²) in [6.45, 7) is -0.0155. The molecular weight excluding hydrogens is 289 g/mol. The first-order chi connectivity index (χ1) is 10.7. The molecule has 3 rings (SSSR count). The number of benzene rings is 1. The van der Waals surface area contributed by atoms with Crippen molar-refractivity contribution in [3.8, 4) is 11.5 Å². The van der Waals surface area contributed by atoms with E-state index in [1.165, 1.54) is 18.4 Å². The van der Waals surface area contributed by atoms with E-state index in [4.69, 9.17) is 13.7 Å². The third-order valence-electron chi connectivity index (χ3n) is 2.94. The van der Waals surface area contributed by atoms with Crippen molar-refractivity contribution in [2.24, 2.45) is 0 Å². The zero-order valence-electron chi connectivity index (χ0n) is 11.5. The van der Waals surface area contributed by atoms with Gasteiger partial charge in [0.25, 0.3) is 0 Å². The minimum atomic E-state index is -0.465. The van der Waals surface area contributed by atoms with E-state index in [2.05, 4.69) is 5.16 Å². The van der Waals surface area contributed by atoms with Crippen LogP contribution in [0.2, 0.25) is 0 Å². The van der Waals surface area contributed by atoms with Crippen LogP contribution in [-0.4, -0.2) is 11.1 Å². The van der Waals surface area contributed by atoms with Crippen LogP contribution in [0.3, 0.4) is 0 Å². The lowest BCUT2D eigenvalue weighted by Crippen LogP contribution is -2.08. The number of carbonyl (C=O) groups is 1. The van der Waals surface area contributed by atoms with Gasteiger partial charge in [-0.25, -0.2) is 4.39 Å². The van der Waals surface area contributed by atoms with Crippen molar-refractivity contribution in [2.75, 3.05) is 0 Å². The van der Waals surface area contributed by atoms with Crippen LogP contribution < -0.4 is 0 Å². The van der Waals surface area contributed by atoms with Crippen LogP contribution in [0.5, 0.6) is 0 Å². The number of ether oxygens (including phenoxy) is 1. The van der Waals surface area contributed by atoms with Crippen molar-refractivity contribution >= 4 is 5.97 Å². The van der Waals surface area contributed by atoms with Gasteiger partial charge in [-0.2, -0.15) is 0 Å². The molecule has 0 bridgehead atoms. The monoisotopic (exact) mass is 301 g/mol. The molecule has 1 aromatic carbocycles. The van der Waals surface area contributed by atoms with Crippen LogP contribution in [0, 0.1) is 5.82 Å². The highest BCUT2D eigenvalue weighted by Crippen LogP contribution is 2.20. The average Bonchev–Trinajstić information content (AvgIpc) is 3.16. The quantitative estimate of drug-likeness (QED) is 0.676. The predicted octanol–water partition coefficient (Wildman–Crippen LogP) is 3.36. The van der Waals surface area contributed by atoms with Gasteiger partial charge in [0, 0.05) is 6.07 Å². The van der Waals surface area contributed by atoms with Gasteiger partial charge in [0.15, 0.2) is 5.76 Å². The molecule has 0 N–H and O–H groups in total. The Bertz CT molecular complexity index is 764. The van der Waals surface area contributed by atoms with Gasteiger partial charge in [-0.1, -0.05) is 17.3 Å². The van der Waals surface area contributed by atoms with Crippen LogP contribution >= 0.6 is 0 Å². The smallest absolute Gasteiger partial charge is 0.310 e. The number of hydrogen-bond acceptors (Lipinski definition) is 5. The molecule has 0 spiro atoms. The lowest BCUT2D eigenvalue weighted by molar-refractivity contribution is -0.144. The third kappa shape index (κ3) is 3.41. The summed E-state index contributed by atoms with van der Waals surface area (Å²) in [7, 11) is 0. The largest absolute Gasteiger partial charge is 0.461 e. The van der Waals surface area contributed by atoms with Gasteiger partial charge in [-0.15, -0.1) is 0 Å². The molecule has 0 radical (unpaired) electrons. The van der Waals surface area contributed by atoms with Gasteiger partial charge in [-0.3, -0.25) is 4.79 Å². The molecule has 0 aliphatic heterocycles. The standard InChI is InChI=1S/C16H12FNO4/c17-12-4-1-3-11(7-12)8-16(19)21-10-13-9-15(22-18-13)14-5-2-6-20-14/h1-7,9H,8,10H2. The maximum Gasteiger partial charge on any atom is 0.310 e. The lowest BCUT2D eigenvalue weighted by Gasteiger charge is -2.02. The molecule has 0 unspecified atom stereocenters. The first-order valence-corrected chi connectivity index (χ1v) is 6.60. The molecule has 112 valence electrons. The van der Waals surface area contributed by atoms with Crippen molar-refractivity contribution in [3.05, 3.63) is 65.8 Å². The highest BCUT2D eigenvalue weighted by molar-refractivity contribution is 5.72. The zero-order valence-corrected chi connectivity index (χ0v) is 11.5. The normalized spacial score (nSPS) is 10.6. The number of esters is 1. The number of rotatable bonds is 5. The van der Waals surface area contributed by atoms with E-state index in [9.17, 15) is 9.18 Å². The fourth-order valence-electron chi connectivity index (χ4n) is 1.93. The predicted molar refractivity (Wildman–Crippen MR) is 74.1 cm³/mol. The number of aromatic nitrogens is 1. The van der Waals surface area contributed by atoms with Crippen molar-refractivity contribution in [1.29, 1.82) is 0 Å². The van der Waals surface area contributed by atoms with E-state index in [0.29, 0.717) is 22.8 Å². The third-order valence-corrected chi connectivity index (χ3v) is 2.94. The Kier molecular flexibility index (Phi) is 4.00. The number of furan rings is 1. The molecule has 0 aliphatic rings. The van der Waals surface area contributed by atoms with Crippen LogP contribution in [0.1, 0.15) is 11.3 Å². The molecule has 2 aromatic heterocycles. The van der Waals surface area contributed by atoms with Gasteiger partial charge in [0.05, 0.1) is 12.7 Å². The van der Waals surface area contributed by atoms with Gasteiger partial charge in [0.2, 0.25) is 5.76 Å². The Balaban J connectivity index is 1.55. The number of hydrogen-bond donors (Lipinski definition) is 0. The SMILES string of the molecule is O=C(Cc1cccc(F)c1)OCc1cc(-c2ccco2)on1. The second kappa shape index (κ2) is 6.26. The Hall–Kier alpha value is -2.89. The van der Waals surface area contributed by atoms with Gasteiger partial charge in [-0.05, 0) is 29.8 Å². The van der Waals surface area contributed by atoms with E-state index in [0.717, 1.165) is 0 Å². The topological polar surface area (TPSA) is 65.5 Å². The van der Waals surface area contributed by atoms with Crippen LogP contribution in [0.25, 0.3) is 11.5 Å². The minimum Gasteiger partial charge on any atom is -0.461 e. The molecule has 0 amide bonds. The lowest BCUT2D eigenvalue weighted by atomic mass is 10.1. The summed E-state index contributed by atoms with van der Waals surface area (Å²) in [5, 5.41) is 3.79. The summed E-state index contributed by atoms with van der Waals surface area (Å²) in [5.74, 6) is 0.157. The van der Waals surface area contributed by atoms with Crippen molar-refractivity contribution in [1.82, 2.24) is 5.16 Å². The maximum absolute atomic E-state index is 13.0. The van der Waals surface area contributed by atoms with Crippen molar-refractivity contribution in [2.45, 2.75) is 13.0 Å². The molecule has 6 heteroatoms. The molecule has 0 fully saturated rings. The molecule has 5 nitrogen and oxygen atoms in total. The molecule has 22 heavy (non-hydrogen) atoms. The van der Waals surface area contributed by atoms with Crippen molar-refractivity contribution < 1.29 is 22.9 Å². The second-order valence-corrected chi connectivity index (χ2v) is 4.63. The van der Waals surface area contributed by atoms with Crippen LogP contribution in [0.4, 0.5) is 4.39 Å². The van der Waals surface area contributed by atoms with E-state index in [1.54, 1.807) is 30.3 Å². The second-order valence-electron chi connectivity index (χ2n) is 4.63. The fourth-order valence-corrected chi connectivity index (χ4v) is 1.93.